The van der Waals surface area contributed by atoms with Crippen LogP contribution in [-0.2, 0) is 11.3 Å². The van der Waals surface area contributed by atoms with Gasteiger partial charge in [-0.15, -0.1) is 10.2 Å². The van der Waals surface area contributed by atoms with Crippen molar-refractivity contribution in [2.75, 3.05) is 27.0 Å². The third kappa shape index (κ3) is 6.13. The minimum Gasteiger partial charge on any atom is -0.493 e. The Labute approximate surface area is 189 Å². The second-order valence-corrected chi connectivity index (χ2v) is 7.77. The van der Waals surface area contributed by atoms with Crippen LogP contribution in [0.25, 0.3) is 0 Å². The van der Waals surface area contributed by atoms with E-state index in [0.29, 0.717) is 23.8 Å². The average molecular weight is 462 g/mol. The highest BCUT2D eigenvalue weighted by Gasteiger charge is 2.18. The van der Waals surface area contributed by atoms with E-state index in [1.54, 1.807) is 39.2 Å². The van der Waals surface area contributed by atoms with Crippen molar-refractivity contribution in [3.05, 3.63) is 59.7 Å². The average Bonchev–Trinajstić information content (AvgIpc) is 3.28. The SMILES string of the molecule is COc1ccc(CN(C)C(=O)CSc2nnc(C(C)Oc3ccc(F)cc3)o2)cc1OC. The molecule has 3 aromatic rings. The zero-order valence-electron chi connectivity index (χ0n) is 18.2. The van der Waals surface area contributed by atoms with Crippen molar-refractivity contribution >= 4 is 17.7 Å². The van der Waals surface area contributed by atoms with E-state index in [9.17, 15) is 9.18 Å². The summed E-state index contributed by atoms with van der Waals surface area (Å²) >= 11 is 1.15. The number of halogens is 1. The molecule has 1 heterocycles. The maximum atomic E-state index is 13.0. The number of carbonyl (C=O) groups is 1. The monoisotopic (exact) mass is 461 g/mol. The van der Waals surface area contributed by atoms with Crippen LogP contribution in [0, 0.1) is 5.82 Å². The number of carbonyl (C=O) groups excluding carboxylic acids is 1. The molecular weight excluding hydrogens is 437 g/mol. The van der Waals surface area contributed by atoms with Gasteiger partial charge in [0.25, 0.3) is 11.1 Å². The molecule has 0 N–H and O–H groups in total. The standard InChI is InChI=1S/C22H24FN3O5S/c1-14(30-17-8-6-16(23)7-9-17)21-24-25-22(31-21)32-13-20(27)26(2)12-15-5-10-18(28-3)19(11-15)29-4/h5-11,14H,12-13H2,1-4H3. The number of amides is 1. The quantitative estimate of drug-likeness (QED) is 0.417. The fraction of sp³-hybridized carbons (Fsp3) is 0.318. The first kappa shape index (κ1) is 23.4. The number of methoxy groups -OCH3 is 2. The lowest BCUT2D eigenvalue weighted by Gasteiger charge is -2.17. The number of thioether (sulfide) groups is 1. The first-order valence-corrected chi connectivity index (χ1v) is 10.7. The molecule has 0 bridgehead atoms. The fourth-order valence-electron chi connectivity index (χ4n) is 2.79. The Morgan fingerprint density at radius 1 is 1.12 bits per heavy atom. The summed E-state index contributed by atoms with van der Waals surface area (Å²) in [6.07, 6.45) is -0.522. The molecule has 0 radical (unpaired) electrons. The van der Waals surface area contributed by atoms with Gasteiger partial charge in [-0.1, -0.05) is 17.8 Å². The summed E-state index contributed by atoms with van der Waals surface area (Å²) in [6.45, 7) is 2.16. The molecule has 2 aromatic carbocycles. The highest BCUT2D eigenvalue weighted by Crippen LogP contribution is 2.28. The van der Waals surface area contributed by atoms with Gasteiger partial charge in [0.1, 0.15) is 11.6 Å². The molecule has 0 saturated heterocycles. The van der Waals surface area contributed by atoms with Crippen molar-refractivity contribution in [1.82, 2.24) is 15.1 Å². The molecule has 1 amide bonds. The van der Waals surface area contributed by atoms with Crippen molar-refractivity contribution in [1.29, 1.82) is 0 Å². The summed E-state index contributed by atoms with van der Waals surface area (Å²) in [6, 6.07) is 11.2. The topological polar surface area (TPSA) is 86.9 Å². The Hall–Kier alpha value is -3.27. The van der Waals surface area contributed by atoms with Crippen LogP contribution in [0.2, 0.25) is 0 Å². The van der Waals surface area contributed by atoms with Gasteiger partial charge in [0.05, 0.1) is 20.0 Å². The molecule has 0 aliphatic rings. The van der Waals surface area contributed by atoms with Gasteiger partial charge in [0.2, 0.25) is 5.91 Å². The molecule has 170 valence electrons. The van der Waals surface area contributed by atoms with Crippen LogP contribution in [0.1, 0.15) is 24.5 Å². The van der Waals surface area contributed by atoms with Crippen LogP contribution in [0.4, 0.5) is 4.39 Å². The molecule has 0 aliphatic carbocycles. The Morgan fingerprint density at radius 2 is 1.84 bits per heavy atom. The fourth-order valence-corrected chi connectivity index (χ4v) is 3.50. The van der Waals surface area contributed by atoms with Crippen LogP contribution in [0.3, 0.4) is 0 Å². The number of ether oxygens (including phenoxy) is 3. The van der Waals surface area contributed by atoms with Crippen molar-refractivity contribution in [3.8, 4) is 17.2 Å². The number of hydrogen-bond donors (Lipinski definition) is 0. The summed E-state index contributed by atoms with van der Waals surface area (Å²) in [5.41, 5.74) is 0.912. The van der Waals surface area contributed by atoms with Crippen LogP contribution < -0.4 is 14.2 Å². The predicted molar refractivity (Wildman–Crippen MR) is 116 cm³/mol. The summed E-state index contributed by atoms with van der Waals surface area (Å²) in [5.74, 6) is 1.68. The van der Waals surface area contributed by atoms with Gasteiger partial charge in [-0.3, -0.25) is 4.79 Å². The number of hydrogen-bond acceptors (Lipinski definition) is 8. The van der Waals surface area contributed by atoms with Crippen molar-refractivity contribution < 1.29 is 27.8 Å². The minimum absolute atomic E-state index is 0.0971. The van der Waals surface area contributed by atoms with Crippen LogP contribution in [0.5, 0.6) is 17.2 Å². The number of rotatable bonds is 10. The molecule has 32 heavy (non-hydrogen) atoms. The maximum Gasteiger partial charge on any atom is 0.277 e. The van der Waals surface area contributed by atoms with E-state index in [1.807, 2.05) is 12.1 Å². The molecule has 0 saturated carbocycles. The Bertz CT molecular complexity index is 1040. The number of aromatic nitrogens is 2. The number of benzene rings is 2. The van der Waals surface area contributed by atoms with Crippen molar-refractivity contribution in [2.45, 2.75) is 24.8 Å². The summed E-state index contributed by atoms with van der Waals surface area (Å²) in [5, 5.41) is 8.19. The Morgan fingerprint density at radius 3 is 2.53 bits per heavy atom. The maximum absolute atomic E-state index is 13.0. The smallest absolute Gasteiger partial charge is 0.277 e. The Kier molecular flexibility index (Phi) is 7.93. The van der Waals surface area contributed by atoms with E-state index < -0.39 is 6.10 Å². The molecule has 1 unspecified atom stereocenters. The van der Waals surface area contributed by atoms with Crippen LogP contribution in [-0.4, -0.2) is 48.0 Å². The van der Waals surface area contributed by atoms with Gasteiger partial charge in [-0.05, 0) is 48.9 Å². The molecule has 0 spiro atoms. The highest BCUT2D eigenvalue weighted by atomic mass is 32.2. The summed E-state index contributed by atoms with van der Waals surface area (Å²) in [7, 11) is 4.86. The van der Waals surface area contributed by atoms with Gasteiger partial charge in [0.15, 0.2) is 17.6 Å². The van der Waals surface area contributed by atoms with E-state index in [0.717, 1.165) is 17.3 Å². The van der Waals surface area contributed by atoms with Crippen LogP contribution >= 0.6 is 11.8 Å². The normalized spacial score (nSPS) is 11.7. The lowest BCUT2D eigenvalue weighted by Crippen LogP contribution is -2.27. The van der Waals surface area contributed by atoms with Crippen LogP contribution in [0.15, 0.2) is 52.1 Å². The van der Waals surface area contributed by atoms with Gasteiger partial charge in [-0.25, -0.2) is 4.39 Å². The second-order valence-electron chi connectivity index (χ2n) is 6.85. The first-order valence-electron chi connectivity index (χ1n) is 9.73. The molecule has 1 atom stereocenters. The molecule has 0 aliphatic heterocycles. The molecular formula is C22H24FN3O5S. The molecule has 1 aromatic heterocycles. The molecule has 10 heteroatoms. The minimum atomic E-state index is -0.522. The third-order valence-corrected chi connectivity index (χ3v) is 5.31. The van der Waals surface area contributed by atoms with E-state index in [4.69, 9.17) is 18.6 Å². The molecule has 0 fully saturated rings. The van der Waals surface area contributed by atoms with E-state index in [1.165, 1.54) is 24.3 Å². The van der Waals surface area contributed by atoms with Crippen molar-refractivity contribution in [2.24, 2.45) is 0 Å². The predicted octanol–water partition coefficient (Wildman–Crippen LogP) is 4.12. The zero-order chi connectivity index (χ0) is 23.1. The van der Waals surface area contributed by atoms with Gasteiger partial charge < -0.3 is 23.5 Å². The lowest BCUT2D eigenvalue weighted by atomic mass is 10.2. The first-order chi connectivity index (χ1) is 15.4. The van der Waals surface area contributed by atoms with E-state index in [2.05, 4.69) is 10.2 Å². The molecule has 3 rings (SSSR count). The summed E-state index contributed by atoms with van der Waals surface area (Å²) < 4.78 is 34.8. The van der Waals surface area contributed by atoms with Crippen molar-refractivity contribution in [3.63, 3.8) is 0 Å². The van der Waals surface area contributed by atoms with Gasteiger partial charge in [0, 0.05) is 13.6 Å². The second kappa shape index (κ2) is 10.9. The third-order valence-electron chi connectivity index (χ3n) is 4.51. The molecule has 8 nitrogen and oxygen atoms in total. The van der Waals surface area contributed by atoms with E-state index in [-0.39, 0.29) is 28.6 Å². The number of nitrogens with zero attached hydrogens (tertiary/aromatic N) is 3. The van der Waals surface area contributed by atoms with Gasteiger partial charge in [-0.2, -0.15) is 0 Å². The van der Waals surface area contributed by atoms with Gasteiger partial charge >= 0.3 is 0 Å². The lowest BCUT2D eigenvalue weighted by molar-refractivity contribution is -0.127. The Balaban J connectivity index is 1.51. The van der Waals surface area contributed by atoms with E-state index >= 15 is 0 Å². The highest BCUT2D eigenvalue weighted by molar-refractivity contribution is 7.99. The largest absolute Gasteiger partial charge is 0.493 e. The zero-order valence-corrected chi connectivity index (χ0v) is 19.0. The summed E-state index contributed by atoms with van der Waals surface area (Å²) in [4.78, 5) is 14.1.